The molecule has 0 radical (unpaired) electrons. The Kier molecular flexibility index (Phi) is 6.79. The van der Waals surface area contributed by atoms with Crippen LogP contribution in [0.3, 0.4) is 0 Å². The van der Waals surface area contributed by atoms with Gasteiger partial charge in [-0.2, -0.15) is 0 Å². The second-order valence-corrected chi connectivity index (χ2v) is 15.3. The lowest BCUT2D eigenvalue weighted by Gasteiger charge is -2.29. The molecule has 12 heteroatoms. The van der Waals surface area contributed by atoms with Crippen molar-refractivity contribution in [2.24, 2.45) is 11.8 Å². The number of aromatic amines is 1. The number of para-hydroxylation sites is 1. The number of carbonyl (C=O) groups is 2. The minimum Gasteiger partial charge on any atom is -0.469 e. The Morgan fingerprint density at radius 3 is 2.68 bits per heavy atom. The summed E-state index contributed by atoms with van der Waals surface area (Å²) in [6.45, 7) is 7.81. The van der Waals surface area contributed by atoms with Gasteiger partial charge in [0.2, 0.25) is 23.6 Å². The average molecular weight is 711 g/mol. The second kappa shape index (κ2) is 11.3. The van der Waals surface area contributed by atoms with Gasteiger partial charge in [-0.25, -0.2) is 9.97 Å². The molecule has 4 aliphatic heterocycles. The average Bonchev–Trinajstić information content (AvgIpc) is 3.95. The van der Waals surface area contributed by atoms with Crippen molar-refractivity contribution in [3.05, 3.63) is 95.3 Å². The number of hydrogen-bond donors (Lipinski definition) is 5. The van der Waals surface area contributed by atoms with Crippen molar-refractivity contribution in [2.75, 3.05) is 5.32 Å². The van der Waals surface area contributed by atoms with Crippen molar-refractivity contribution in [3.8, 4) is 39.8 Å². The van der Waals surface area contributed by atoms with E-state index in [4.69, 9.17) is 23.5 Å². The number of H-pyrrole nitrogens is 1. The third-order valence-electron chi connectivity index (χ3n) is 11.1. The number of hydrogen-bond acceptors (Lipinski definition) is 9. The van der Waals surface area contributed by atoms with Crippen molar-refractivity contribution in [3.63, 3.8) is 0 Å². The van der Waals surface area contributed by atoms with Gasteiger partial charge in [0.25, 0.3) is 0 Å². The van der Waals surface area contributed by atoms with Crippen molar-refractivity contribution >= 4 is 28.4 Å². The third-order valence-corrected chi connectivity index (χ3v) is 11.1. The number of rotatable bonds is 5. The minimum absolute atomic E-state index is 0.0888. The summed E-state index contributed by atoms with van der Waals surface area (Å²) in [7, 11) is 0. The summed E-state index contributed by atoms with van der Waals surface area (Å²) in [5, 5.41) is 21.5. The van der Waals surface area contributed by atoms with Gasteiger partial charge in [0.05, 0.1) is 6.20 Å². The quantitative estimate of drug-likeness (QED) is 0.140. The molecule has 2 amide bonds. The number of carbonyl (C=O) groups excluding carboxylic acids is 2. The Hall–Kier alpha value is -5.88. The summed E-state index contributed by atoms with van der Waals surface area (Å²) in [5.41, 5.74) is 6.63. The van der Waals surface area contributed by atoms with Crippen molar-refractivity contribution in [1.82, 2.24) is 25.6 Å². The molecule has 5 atom stereocenters. The molecule has 3 aromatic heterocycles. The fraction of sp³-hybridized carbons (Fsp3) is 0.317. The van der Waals surface area contributed by atoms with E-state index in [1.165, 1.54) is 0 Å². The lowest BCUT2D eigenvalue weighted by atomic mass is 9.72. The number of oxazole rings is 2. The number of nitrogens with one attached hydrogen (secondary N) is 4. The Balaban J connectivity index is 1.25. The summed E-state index contributed by atoms with van der Waals surface area (Å²) in [6, 6.07) is 16.6. The zero-order valence-corrected chi connectivity index (χ0v) is 29.6. The number of nitrogens with zero attached hydrogens (tertiary/aromatic N) is 2. The second-order valence-electron chi connectivity index (χ2n) is 15.3. The van der Waals surface area contributed by atoms with E-state index in [0.717, 1.165) is 50.0 Å². The molecule has 1 spiro atoms. The molecule has 12 nitrogen and oxygen atoms in total. The lowest BCUT2D eigenvalue weighted by molar-refractivity contribution is -0.135. The molecule has 53 heavy (non-hydrogen) atoms. The van der Waals surface area contributed by atoms with Crippen LogP contribution in [0.2, 0.25) is 0 Å². The van der Waals surface area contributed by atoms with Crippen LogP contribution in [0.4, 0.5) is 5.69 Å². The molecule has 7 heterocycles. The van der Waals surface area contributed by atoms with Crippen LogP contribution in [0.25, 0.3) is 44.9 Å². The first-order valence-electron chi connectivity index (χ1n) is 18.2. The van der Waals surface area contributed by atoms with Crippen LogP contribution >= 0.6 is 0 Å². The van der Waals surface area contributed by atoms with Crippen LogP contribution in [0.5, 0.6) is 5.75 Å². The highest BCUT2D eigenvalue weighted by atomic mass is 16.5. The van der Waals surface area contributed by atoms with Gasteiger partial charge >= 0.3 is 0 Å². The van der Waals surface area contributed by atoms with Crippen molar-refractivity contribution in [1.29, 1.82) is 0 Å². The third kappa shape index (κ3) is 4.51. The standard InChI is InChI=1S/C41H38N6O6/c1-18(2)13-28(48)37(50)44-27-15-20-11-12-29-25(14-20)41-24-9-5-8-22(33(24)47-40(41)52-29)21-7-6-10-26-31(21)23(16-42-26)30-17-43-38(51-30)34-35(41)53-39(46-34)32(19(3)4)45-36(27)49/h5-12,14,16-19,27-28,32,40,42,47-48H,13,15H2,1-4H3,(H,44,50)(H,45,49)/t27-,28-,32-,40?,41-/m0/s1. The highest BCUT2D eigenvalue weighted by Crippen LogP contribution is 2.61. The van der Waals surface area contributed by atoms with Gasteiger partial charge in [-0.1, -0.05) is 70.2 Å². The van der Waals surface area contributed by atoms with Crippen LogP contribution in [0, 0.1) is 11.8 Å². The SMILES string of the molecule is CC(C)C[C@H](O)C(=O)N[C@H]1Cc2ccc3c(c2)[C@]24c5cccc(c5NC2O3)-c2cccc3[nH]cc(c23)-c2cnc(o2)-c2nc(oc24)[C@H](C(C)C)NC1=O. The molecule has 4 aliphatic rings. The first kappa shape index (κ1) is 31.8. The number of anilines is 1. The highest BCUT2D eigenvalue weighted by Gasteiger charge is 2.61. The predicted octanol–water partition coefficient (Wildman–Crippen LogP) is 6.20. The summed E-state index contributed by atoms with van der Waals surface area (Å²) in [6.07, 6.45) is 2.20. The maximum atomic E-state index is 14.2. The van der Waals surface area contributed by atoms with Crippen LogP contribution in [-0.4, -0.2) is 50.2 Å². The zero-order valence-electron chi connectivity index (χ0n) is 29.6. The largest absolute Gasteiger partial charge is 0.469 e. The molecule has 0 fully saturated rings. The van der Waals surface area contributed by atoms with E-state index in [2.05, 4.69) is 45.2 Å². The van der Waals surface area contributed by atoms with Gasteiger partial charge < -0.3 is 39.6 Å². The van der Waals surface area contributed by atoms with Gasteiger partial charge in [0.1, 0.15) is 29.4 Å². The van der Waals surface area contributed by atoms with Crippen LogP contribution in [-0.2, 0) is 21.4 Å². The zero-order chi connectivity index (χ0) is 36.3. The minimum atomic E-state index is -1.25. The Morgan fingerprint density at radius 2 is 1.85 bits per heavy atom. The van der Waals surface area contributed by atoms with Crippen molar-refractivity contribution in [2.45, 2.75) is 70.4 Å². The normalized spacial score (nSPS) is 22.4. The maximum Gasteiger partial charge on any atom is 0.249 e. The molecule has 10 rings (SSSR count). The van der Waals surface area contributed by atoms with E-state index in [9.17, 15) is 14.7 Å². The summed E-state index contributed by atoms with van der Waals surface area (Å²) < 4.78 is 20.4. The number of amides is 2. The molecular formula is C41H38N6O6. The van der Waals surface area contributed by atoms with Crippen LogP contribution in [0.15, 0.2) is 75.8 Å². The van der Waals surface area contributed by atoms with Crippen LogP contribution in [0.1, 0.15) is 68.5 Å². The monoisotopic (exact) mass is 710 g/mol. The summed E-state index contributed by atoms with van der Waals surface area (Å²) in [5.74, 6) is 1.15. The summed E-state index contributed by atoms with van der Waals surface area (Å²) in [4.78, 5) is 40.8. The molecule has 268 valence electrons. The summed E-state index contributed by atoms with van der Waals surface area (Å²) >= 11 is 0. The molecule has 0 saturated carbocycles. The van der Waals surface area contributed by atoms with E-state index in [1.54, 1.807) is 6.20 Å². The van der Waals surface area contributed by atoms with Crippen LogP contribution < -0.4 is 20.7 Å². The molecule has 0 aliphatic carbocycles. The van der Waals surface area contributed by atoms with E-state index < -0.39 is 41.6 Å². The van der Waals surface area contributed by atoms with Gasteiger partial charge in [0.15, 0.2) is 23.4 Å². The van der Waals surface area contributed by atoms with E-state index in [1.807, 2.05) is 64.2 Å². The molecule has 6 aromatic rings. The van der Waals surface area contributed by atoms with Crippen molar-refractivity contribution < 1.29 is 28.3 Å². The van der Waals surface area contributed by atoms with Gasteiger partial charge in [-0.05, 0) is 41.5 Å². The Bertz CT molecular complexity index is 2490. The van der Waals surface area contributed by atoms with Gasteiger partial charge in [-0.3, -0.25) is 9.59 Å². The number of aliphatic hydroxyl groups is 1. The fourth-order valence-electron chi connectivity index (χ4n) is 8.68. The molecule has 3 aromatic carbocycles. The Labute approximate surface area is 304 Å². The number of benzene rings is 3. The molecule has 10 bridgehead atoms. The topological polar surface area (TPSA) is 168 Å². The van der Waals surface area contributed by atoms with E-state index in [0.29, 0.717) is 23.0 Å². The van der Waals surface area contributed by atoms with Gasteiger partial charge in [-0.15, -0.1) is 0 Å². The predicted molar refractivity (Wildman–Crippen MR) is 196 cm³/mol. The lowest BCUT2D eigenvalue weighted by Crippen LogP contribution is -2.52. The molecule has 0 saturated heterocycles. The highest BCUT2D eigenvalue weighted by molar-refractivity contribution is 6.07. The Morgan fingerprint density at radius 1 is 1.02 bits per heavy atom. The number of aliphatic hydroxyl groups excluding tert-OH is 1. The maximum absolute atomic E-state index is 14.2. The molecule has 1 unspecified atom stereocenters. The first-order valence-corrected chi connectivity index (χ1v) is 18.2. The molecular weight excluding hydrogens is 672 g/mol. The molecule has 5 N–H and O–H groups in total. The van der Waals surface area contributed by atoms with E-state index >= 15 is 0 Å². The number of aromatic nitrogens is 3. The smallest absolute Gasteiger partial charge is 0.249 e. The number of ether oxygens (including phenoxy) is 1. The van der Waals surface area contributed by atoms with Gasteiger partial charge in [0, 0.05) is 51.5 Å². The fourth-order valence-corrected chi connectivity index (χ4v) is 8.68. The van der Waals surface area contributed by atoms with E-state index in [-0.39, 0.29) is 36.5 Å². The first-order chi connectivity index (χ1) is 25.6. The number of fused-ring (bicyclic) bond motifs is 7.